The van der Waals surface area contributed by atoms with Crippen molar-refractivity contribution >= 4 is 17.4 Å². The lowest BCUT2D eigenvalue weighted by Gasteiger charge is -2.32. The molecule has 1 saturated carbocycles. The van der Waals surface area contributed by atoms with Crippen LogP contribution >= 0.6 is 0 Å². The van der Waals surface area contributed by atoms with Crippen molar-refractivity contribution in [3.05, 3.63) is 36.4 Å². The minimum atomic E-state index is -0.104. The summed E-state index contributed by atoms with van der Waals surface area (Å²) in [5, 5.41) is 15.6. The number of amides is 2. The molecule has 2 aliphatic rings. The van der Waals surface area contributed by atoms with E-state index in [0.29, 0.717) is 23.1 Å². The summed E-state index contributed by atoms with van der Waals surface area (Å²) in [6.45, 7) is 5.55. The van der Waals surface area contributed by atoms with Crippen LogP contribution in [0.5, 0.6) is 0 Å². The van der Waals surface area contributed by atoms with Gasteiger partial charge in [0, 0.05) is 37.3 Å². The van der Waals surface area contributed by atoms with Crippen molar-refractivity contribution in [1.82, 2.24) is 29.7 Å². The molecule has 0 bridgehead atoms. The van der Waals surface area contributed by atoms with Crippen LogP contribution in [0.15, 0.2) is 29.1 Å². The second-order valence-corrected chi connectivity index (χ2v) is 8.12. The number of piperidine rings is 1. The van der Waals surface area contributed by atoms with E-state index >= 15 is 0 Å². The Morgan fingerprint density at radius 2 is 2.14 bits per heavy atom. The second kappa shape index (κ2) is 6.29. The summed E-state index contributed by atoms with van der Waals surface area (Å²) in [4.78, 5) is 18.8. The highest BCUT2D eigenvalue weighted by Gasteiger charge is 2.58. The summed E-state index contributed by atoms with van der Waals surface area (Å²) in [5.41, 5.74) is 1.48. The number of rotatable bonds is 3. The second-order valence-electron chi connectivity index (χ2n) is 8.12. The maximum atomic E-state index is 12.7. The van der Waals surface area contributed by atoms with Gasteiger partial charge in [0.15, 0.2) is 5.65 Å². The molecule has 146 valence electrons. The topological polar surface area (TPSA) is 101 Å². The van der Waals surface area contributed by atoms with Crippen molar-refractivity contribution < 1.29 is 9.21 Å². The molecule has 1 N–H and O–H groups in total. The van der Waals surface area contributed by atoms with Gasteiger partial charge in [-0.2, -0.15) is 5.10 Å². The lowest BCUT2D eigenvalue weighted by molar-refractivity contribution is 0.173. The SMILES string of the molecule is CC(C)c1nnc(C2CC23CCN(C(=O)Nc2cnn4cccnc24)CC3)o1. The van der Waals surface area contributed by atoms with Crippen LogP contribution in [0.25, 0.3) is 5.65 Å². The highest BCUT2D eigenvalue weighted by molar-refractivity contribution is 5.93. The van der Waals surface area contributed by atoms with E-state index in [1.54, 1.807) is 29.2 Å². The van der Waals surface area contributed by atoms with E-state index in [-0.39, 0.29) is 17.4 Å². The standard InChI is InChI=1S/C19H23N7O2/c1-12(2)16-23-24-17(28-16)13-10-19(13)4-8-25(9-5-19)18(27)22-14-11-21-26-7-3-6-20-15(14)26/h3,6-7,11-13H,4-5,8-10H2,1-2H3,(H,22,27). The largest absolute Gasteiger partial charge is 0.425 e. The van der Waals surface area contributed by atoms with Crippen molar-refractivity contribution in [3.8, 4) is 0 Å². The van der Waals surface area contributed by atoms with Gasteiger partial charge >= 0.3 is 6.03 Å². The minimum Gasteiger partial charge on any atom is -0.425 e. The van der Waals surface area contributed by atoms with Gasteiger partial charge in [0.1, 0.15) is 5.69 Å². The van der Waals surface area contributed by atoms with Crippen molar-refractivity contribution in [3.63, 3.8) is 0 Å². The molecule has 1 atom stereocenters. The van der Waals surface area contributed by atoms with Crippen LogP contribution < -0.4 is 5.32 Å². The van der Waals surface area contributed by atoms with Crippen LogP contribution in [0, 0.1) is 5.41 Å². The molecule has 3 aromatic rings. The molecule has 0 aromatic carbocycles. The molecule has 9 heteroatoms. The van der Waals surface area contributed by atoms with Crippen molar-refractivity contribution in [2.75, 3.05) is 18.4 Å². The molecule has 1 saturated heterocycles. The lowest BCUT2D eigenvalue weighted by atomic mass is 9.91. The summed E-state index contributed by atoms with van der Waals surface area (Å²) >= 11 is 0. The first-order chi connectivity index (χ1) is 13.6. The summed E-state index contributed by atoms with van der Waals surface area (Å²) in [6.07, 6.45) is 8.10. The molecule has 2 fully saturated rings. The number of carbonyl (C=O) groups is 1. The van der Waals surface area contributed by atoms with Gasteiger partial charge in [-0.3, -0.25) is 0 Å². The molecule has 3 aromatic heterocycles. The van der Waals surface area contributed by atoms with Gasteiger partial charge in [-0.25, -0.2) is 14.3 Å². The third-order valence-electron chi connectivity index (χ3n) is 6.01. The first-order valence-corrected chi connectivity index (χ1v) is 9.73. The number of nitrogens with zero attached hydrogens (tertiary/aromatic N) is 6. The zero-order valence-electron chi connectivity index (χ0n) is 16.0. The highest BCUT2D eigenvalue weighted by atomic mass is 16.4. The summed E-state index contributed by atoms with van der Waals surface area (Å²) < 4.78 is 7.49. The van der Waals surface area contributed by atoms with Crippen LogP contribution in [0.2, 0.25) is 0 Å². The van der Waals surface area contributed by atoms with Crippen molar-refractivity contribution in [2.45, 2.75) is 44.9 Å². The Morgan fingerprint density at radius 1 is 1.32 bits per heavy atom. The number of likely N-dealkylation sites (tertiary alicyclic amines) is 1. The highest BCUT2D eigenvalue weighted by Crippen LogP contribution is 2.64. The van der Waals surface area contributed by atoms with Gasteiger partial charge in [0.2, 0.25) is 11.8 Å². The average Bonchev–Trinajstić information content (AvgIpc) is 3.07. The Labute approximate surface area is 162 Å². The molecule has 9 nitrogen and oxygen atoms in total. The quantitative estimate of drug-likeness (QED) is 0.748. The zero-order chi connectivity index (χ0) is 19.3. The van der Waals surface area contributed by atoms with Crippen molar-refractivity contribution in [2.24, 2.45) is 5.41 Å². The van der Waals surface area contributed by atoms with E-state index < -0.39 is 0 Å². The molecule has 0 radical (unpaired) electrons. The maximum Gasteiger partial charge on any atom is 0.321 e. The molecular formula is C19H23N7O2. The van der Waals surface area contributed by atoms with Gasteiger partial charge in [-0.15, -0.1) is 10.2 Å². The molecule has 1 spiro atoms. The van der Waals surface area contributed by atoms with E-state index in [1.165, 1.54) is 0 Å². The number of hydrogen-bond acceptors (Lipinski definition) is 6. The number of nitrogens with one attached hydrogen (secondary N) is 1. The van der Waals surface area contributed by atoms with Gasteiger partial charge < -0.3 is 14.6 Å². The molecule has 2 amide bonds. The monoisotopic (exact) mass is 381 g/mol. The van der Waals surface area contributed by atoms with Crippen LogP contribution in [-0.2, 0) is 0 Å². The summed E-state index contributed by atoms with van der Waals surface area (Å²) in [7, 11) is 0. The maximum absolute atomic E-state index is 12.7. The molecule has 28 heavy (non-hydrogen) atoms. The Kier molecular flexibility index (Phi) is 3.85. The van der Waals surface area contributed by atoms with Gasteiger partial charge in [-0.05, 0) is 30.7 Å². The predicted molar refractivity (Wildman–Crippen MR) is 101 cm³/mol. The minimum absolute atomic E-state index is 0.104. The van der Waals surface area contributed by atoms with E-state index in [9.17, 15) is 4.79 Å². The smallest absolute Gasteiger partial charge is 0.321 e. The normalized spacial score (nSPS) is 20.8. The van der Waals surface area contributed by atoms with E-state index in [2.05, 4.69) is 39.4 Å². The van der Waals surface area contributed by atoms with Crippen LogP contribution in [0.1, 0.15) is 56.7 Å². The Hall–Kier alpha value is -2.97. The van der Waals surface area contributed by atoms with Crippen LogP contribution in [-0.4, -0.2) is 48.8 Å². The number of hydrogen-bond donors (Lipinski definition) is 1. The fraction of sp³-hybridized carbons (Fsp3) is 0.526. The third-order valence-corrected chi connectivity index (χ3v) is 6.01. The third kappa shape index (κ3) is 2.81. The lowest BCUT2D eigenvalue weighted by Crippen LogP contribution is -2.41. The Bertz CT molecular complexity index is 1020. The summed E-state index contributed by atoms with van der Waals surface area (Å²) in [5.74, 6) is 2.05. The van der Waals surface area contributed by atoms with Gasteiger partial charge in [0.05, 0.1) is 6.20 Å². The molecule has 1 aliphatic heterocycles. The fourth-order valence-electron chi connectivity index (χ4n) is 4.13. The first kappa shape index (κ1) is 17.2. The predicted octanol–water partition coefficient (Wildman–Crippen LogP) is 3.04. The number of aromatic nitrogens is 5. The summed E-state index contributed by atoms with van der Waals surface area (Å²) in [6, 6.07) is 1.70. The molecule has 5 rings (SSSR count). The van der Waals surface area contributed by atoms with Crippen LogP contribution in [0.3, 0.4) is 0 Å². The zero-order valence-corrected chi connectivity index (χ0v) is 16.0. The average molecular weight is 381 g/mol. The molecule has 1 aliphatic carbocycles. The van der Waals surface area contributed by atoms with E-state index in [4.69, 9.17) is 4.42 Å². The molecular weight excluding hydrogens is 358 g/mol. The van der Waals surface area contributed by atoms with Gasteiger partial charge in [-0.1, -0.05) is 13.8 Å². The fourth-order valence-corrected chi connectivity index (χ4v) is 4.13. The number of carbonyl (C=O) groups excluding carboxylic acids is 1. The molecule has 1 unspecified atom stereocenters. The number of anilines is 1. The van der Waals surface area contributed by atoms with Gasteiger partial charge in [0.25, 0.3) is 0 Å². The first-order valence-electron chi connectivity index (χ1n) is 9.73. The number of fused-ring (bicyclic) bond motifs is 1. The van der Waals surface area contributed by atoms with Crippen LogP contribution in [0.4, 0.5) is 10.5 Å². The Balaban J connectivity index is 1.21. The Morgan fingerprint density at radius 3 is 2.89 bits per heavy atom. The van der Waals surface area contributed by atoms with Crippen molar-refractivity contribution in [1.29, 1.82) is 0 Å². The number of urea groups is 1. The molecule has 4 heterocycles. The van der Waals surface area contributed by atoms with E-state index in [1.807, 2.05) is 4.90 Å². The van der Waals surface area contributed by atoms with E-state index in [0.717, 1.165) is 38.2 Å².